The Balaban J connectivity index is 1.91. The Morgan fingerprint density at radius 3 is 2.45 bits per heavy atom. The summed E-state index contributed by atoms with van der Waals surface area (Å²) in [5.41, 5.74) is 0.390. The molecular formula is C16H24N2O4. The average molecular weight is 308 g/mol. The quantitative estimate of drug-likeness (QED) is 0.927. The van der Waals surface area contributed by atoms with Crippen molar-refractivity contribution in [2.24, 2.45) is 0 Å². The monoisotopic (exact) mass is 308 g/mol. The first-order valence-electron chi connectivity index (χ1n) is 7.29. The number of anilines is 1. The van der Waals surface area contributed by atoms with Crippen LogP contribution < -0.4 is 14.8 Å². The molecule has 122 valence electrons. The number of ether oxygens (including phenoxy) is 3. The van der Waals surface area contributed by atoms with Crippen LogP contribution in [0.4, 0.5) is 10.5 Å². The number of nitrogens with one attached hydrogen (secondary N) is 1. The van der Waals surface area contributed by atoms with Gasteiger partial charge in [0.2, 0.25) is 0 Å². The molecule has 0 aliphatic carbocycles. The van der Waals surface area contributed by atoms with E-state index in [-0.39, 0.29) is 12.1 Å². The molecule has 0 saturated carbocycles. The molecule has 1 N–H and O–H groups in total. The summed E-state index contributed by atoms with van der Waals surface area (Å²) >= 11 is 0. The SMILES string of the molecule is COc1ccc(OC)c(NC2CN(C(=O)OC(C)(C)C)C2)c1. The topological polar surface area (TPSA) is 60.0 Å². The van der Waals surface area contributed by atoms with Gasteiger partial charge in [-0.05, 0) is 32.9 Å². The van der Waals surface area contributed by atoms with Crippen LogP contribution in [0.5, 0.6) is 11.5 Å². The van der Waals surface area contributed by atoms with Crippen molar-refractivity contribution in [3.63, 3.8) is 0 Å². The summed E-state index contributed by atoms with van der Waals surface area (Å²) in [5.74, 6) is 1.50. The van der Waals surface area contributed by atoms with Crippen LogP contribution in [0.3, 0.4) is 0 Å². The van der Waals surface area contributed by atoms with Gasteiger partial charge in [0, 0.05) is 19.2 Å². The molecule has 1 fully saturated rings. The number of carbonyl (C=O) groups is 1. The second-order valence-corrected chi connectivity index (χ2v) is 6.29. The standard InChI is InChI=1S/C16H24N2O4/c1-16(2,3)22-15(19)18-9-11(10-18)17-13-8-12(20-4)6-7-14(13)21-5/h6-8,11,17H,9-10H2,1-5H3. The Morgan fingerprint density at radius 1 is 1.23 bits per heavy atom. The molecule has 6 heteroatoms. The van der Waals surface area contributed by atoms with Gasteiger partial charge in [-0.25, -0.2) is 4.79 Å². The highest BCUT2D eigenvalue weighted by Gasteiger charge is 2.34. The summed E-state index contributed by atoms with van der Waals surface area (Å²) in [5, 5.41) is 3.37. The smallest absolute Gasteiger partial charge is 0.410 e. The summed E-state index contributed by atoms with van der Waals surface area (Å²) in [7, 11) is 3.25. The van der Waals surface area contributed by atoms with Gasteiger partial charge in [-0.1, -0.05) is 0 Å². The zero-order chi connectivity index (χ0) is 16.3. The Labute approximate surface area is 131 Å². The minimum absolute atomic E-state index is 0.175. The van der Waals surface area contributed by atoms with Gasteiger partial charge in [0.15, 0.2) is 0 Å². The maximum atomic E-state index is 11.9. The van der Waals surface area contributed by atoms with E-state index in [1.807, 2.05) is 39.0 Å². The van der Waals surface area contributed by atoms with Crippen molar-refractivity contribution in [1.82, 2.24) is 4.90 Å². The third-order valence-corrected chi connectivity index (χ3v) is 3.30. The number of benzene rings is 1. The van der Waals surface area contributed by atoms with Crippen molar-refractivity contribution in [1.29, 1.82) is 0 Å². The molecule has 1 aliphatic heterocycles. The van der Waals surface area contributed by atoms with E-state index in [0.29, 0.717) is 13.1 Å². The van der Waals surface area contributed by atoms with E-state index in [4.69, 9.17) is 14.2 Å². The van der Waals surface area contributed by atoms with Gasteiger partial charge in [-0.3, -0.25) is 0 Å². The average Bonchev–Trinajstić information content (AvgIpc) is 2.39. The van der Waals surface area contributed by atoms with E-state index < -0.39 is 5.60 Å². The van der Waals surface area contributed by atoms with E-state index in [1.54, 1.807) is 19.1 Å². The fourth-order valence-electron chi connectivity index (χ4n) is 2.19. The van der Waals surface area contributed by atoms with E-state index >= 15 is 0 Å². The first-order chi connectivity index (χ1) is 10.3. The van der Waals surface area contributed by atoms with Gasteiger partial charge in [0.25, 0.3) is 0 Å². The number of carbonyl (C=O) groups excluding carboxylic acids is 1. The van der Waals surface area contributed by atoms with E-state index in [0.717, 1.165) is 17.2 Å². The number of rotatable bonds is 4. The summed E-state index contributed by atoms with van der Waals surface area (Å²) in [6, 6.07) is 5.76. The van der Waals surface area contributed by atoms with Crippen molar-refractivity contribution < 1.29 is 19.0 Å². The molecule has 1 aromatic rings. The molecule has 0 spiro atoms. The van der Waals surface area contributed by atoms with Crippen LogP contribution in [0.25, 0.3) is 0 Å². The first-order valence-corrected chi connectivity index (χ1v) is 7.29. The van der Waals surface area contributed by atoms with Crippen LogP contribution in [-0.4, -0.2) is 49.9 Å². The lowest BCUT2D eigenvalue weighted by atomic mass is 10.1. The predicted molar refractivity (Wildman–Crippen MR) is 84.8 cm³/mol. The minimum Gasteiger partial charge on any atom is -0.497 e. The second kappa shape index (κ2) is 6.34. The molecule has 22 heavy (non-hydrogen) atoms. The van der Waals surface area contributed by atoms with Crippen LogP contribution in [0, 0.1) is 0 Å². The maximum absolute atomic E-state index is 11.9. The highest BCUT2D eigenvalue weighted by atomic mass is 16.6. The van der Waals surface area contributed by atoms with Crippen molar-refractivity contribution in [2.75, 3.05) is 32.6 Å². The Hall–Kier alpha value is -2.11. The van der Waals surface area contributed by atoms with Crippen LogP contribution >= 0.6 is 0 Å². The second-order valence-electron chi connectivity index (χ2n) is 6.29. The van der Waals surface area contributed by atoms with Crippen LogP contribution in [0.1, 0.15) is 20.8 Å². The Kier molecular flexibility index (Phi) is 4.68. The number of likely N-dealkylation sites (tertiary alicyclic amines) is 1. The normalized spacial score (nSPS) is 15.0. The fraction of sp³-hybridized carbons (Fsp3) is 0.562. The molecule has 6 nitrogen and oxygen atoms in total. The highest BCUT2D eigenvalue weighted by Crippen LogP contribution is 2.30. The van der Waals surface area contributed by atoms with Crippen molar-refractivity contribution in [3.8, 4) is 11.5 Å². The molecular weight excluding hydrogens is 284 g/mol. The molecule has 0 unspecified atom stereocenters. The van der Waals surface area contributed by atoms with Crippen LogP contribution in [0.2, 0.25) is 0 Å². The first kappa shape index (κ1) is 16.3. The van der Waals surface area contributed by atoms with Gasteiger partial charge in [0.1, 0.15) is 17.1 Å². The summed E-state index contributed by atoms with van der Waals surface area (Å²) in [6.07, 6.45) is -0.275. The number of hydrogen-bond acceptors (Lipinski definition) is 5. The van der Waals surface area contributed by atoms with Gasteiger partial charge >= 0.3 is 6.09 Å². The van der Waals surface area contributed by atoms with Crippen molar-refractivity contribution in [3.05, 3.63) is 18.2 Å². The fourth-order valence-corrected chi connectivity index (χ4v) is 2.19. The Morgan fingerprint density at radius 2 is 1.91 bits per heavy atom. The van der Waals surface area contributed by atoms with Gasteiger partial charge in [-0.2, -0.15) is 0 Å². The number of amides is 1. The lowest BCUT2D eigenvalue weighted by molar-refractivity contribution is 0.0105. The summed E-state index contributed by atoms with van der Waals surface area (Å²) in [6.45, 7) is 6.80. The molecule has 1 aliphatic rings. The largest absolute Gasteiger partial charge is 0.497 e. The third kappa shape index (κ3) is 3.96. The van der Waals surface area contributed by atoms with Crippen molar-refractivity contribution in [2.45, 2.75) is 32.4 Å². The van der Waals surface area contributed by atoms with E-state index in [9.17, 15) is 4.79 Å². The third-order valence-electron chi connectivity index (χ3n) is 3.30. The molecule has 1 amide bonds. The molecule has 1 saturated heterocycles. The number of hydrogen-bond donors (Lipinski definition) is 1. The van der Waals surface area contributed by atoms with E-state index in [1.165, 1.54) is 0 Å². The molecule has 0 bridgehead atoms. The lowest BCUT2D eigenvalue weighted by Gasteiger charge is -2.40. The van der Waals surface area contributed by atoms with Crippen LogP contribution in [0.15, 0.2) is 18.2 Å². The van der Waals surface area contributed by atoms with Gasteiger partial charge < -0.3 is 24.4 Å². The molecule has 1 heterocycles. The lowest BCUT2D eigenvalue weighted by Crippen LogP contribution is -2.57. The molecule has 0 atom stereocenters. The van der Waals surface area contributed by atoms with Crippen molar-refractivity contribution >= 4 is 11.8 Å². The summed E-state index contributed by atoms with van der Waals surface area (Å²) < 4.78 is 15.9. The van der Waals surface area contributed by atoms with Gasteiger partial charge in [-0.15, -0.1) is 0 Å². The van der Waals surface area contributed by atoms with Gasteiger partial charge in [0.05, 0.1) is 25.9 Å². The number of methoxy groups -OCH3 is 2. The summed E-state index contributed by atoms with van der Waals surface area (Å²) in [4.78, 5) is 13.6. The zero-order valence-electron chi connectivity index (χ0n) is 13.8. The molecule has 2 rings (SSSR count). The maximum Gasteiger partial charge on any atom is 0.410 e. The molecule has 0 aromatic heterocycles. The zero-order valence-corrected chi connectivity index (χ0v) is 13.8. The molecule has 0 radical (unpaired) electrons. The van der Waals surface area contributed by atoms with Crippen LogP contribution in [-0.2, 0) is 4.74 Å². The van der Waals surface area contributed by atoms with E-state index in [2.05, 4.69) is 5.32 Å². The number of nitrogens with zero attached hydrogens (tertiary/aromatic N) is 1. The minimum atomic E-state index is -0.467. The Bertz CT molecular complexity index is 533. The molecule has 1 aromatic carbocycles. The predicted octanol–water partition coefficient (Wildman–Crippen LogP) is 2.74. The highest BCUT2D eigenvalue weighted by molar-refractivity contribution is 5.70.